The number of nitrogens with one attached hydrogen (secondary N) is 1. The first-order valence-electron chi connectivity index (χ1n) is 11.0. The quantitative estimate of drug-likeness (QED) is 0.699. The van der Waals surface area contributed by atoms with Crippen LogP contribution in [0.4, 0.5) is 5.95 Å². The molecule has 1 N–H and O–H groups in total. The van der Waals surface area contributed by atoms with E-state index in [1.165, 1.54) is 0 Å². The molecule has 1 aliphatic heterocycles. The van der Waals surface area contributed by atoms with Crippen molar-refractivity contribution in [3.8, 4) is 11.1 Å². The summed E-state index contributed by atoms with van der Waals surface area (Å²) in [4.78, 5) is 24.3. The predicted octanol–water partition coefficient (Wildman–Crippen LogP) is 2.86. The van der Waals surface area contributed by atoms with Crippen LogP contribution in [0.25, 0.3) is 22.0 Å². The molecule has 0 spiro atoms. The highest BCUT2D eigenvalue weighted by atomic mass is 16.5. The van der Waals surface area contributed by atoms with Crippen molar-refractivity contribution in [2.24, 2.45) is 13.0 Å². The molecule has 5 rings (SSSR count). The van der Waals surface area contributed by atoms with Gasteiger partial charge in [0.1, 0.15) is 0 Å². The Balaban J connectivity index is 1.24. The molecule has 0 atom stereocenters. The fourth-order valence-corrected chi connectivity index (χ4v) is 4.69. The van der Waals surface area contributed by atoms with Gasteiger partial charge in [0, 0.05) is 55.4 Å². The zero-order chi connectivity index (χ0) is 21.2. The number of carbonyl (C=O) groups excluding carboxylic acids is 1. The Morgan fingerprint density at radius 2 is 1.90 bits per heavy atom. The van der Waals surface area contributed by atoms with Crippen LogP contribution in [0.3, 0.4) is 0 Å². The Morgan fingerprint density at radius 1 is 1.10 bits per heavy atom. The molecule has 1 aromatic carbocycles. The fraction of sp³-hybridized carbons (Fsp3) is 0.478. The molecule has 2 aromatic heterocycles. The molecule has 0 unspecified atom stereocenters. The summed E-state index contributed by atoms with van der Waals surface area (Å²) in [7, 11) is 1.90. The van der Waals surface area contributed by atoms with Gasteiger partial charge >= 0.3 is 0 Å². The van der Waals surface area contributed by atoms with Crippen LogP contribution in [0, 0.1) is 5.92 Å². The average Bonchev–Trinajstić information content (AvgIpc) is 3.25. The fourth-order valence-electron chi connectivity index (χ4n) is 4.69. The van der Waals surface area contributed by atoms with Crippen molar-refractivity contribution in [2.45, 2.75) is 31.7 Å². The van der Waals surface area contributed by atoms with Gasteiger partial charge in [0.05, 0.1) is 24.9 Å². The van der Waals surface area contributed by atoms with Crippen LogP contribution in [0.5, 0.6) is 0 Å². The van der Waals surface area contributed by atoms with Crippen molar-refractivity contribution in [3.63, 3.8) is 0 Å². The number of benzene rings is 1. The van der Waals surface area contributed by atoms with E-state index >= 15 is 0 Å². The summed E-state index contributed by atoms with van der Waals surface area (Å²) in [6, 6.07) is 6.62. The molecule has 1 aliphatic carbocycles. The van der Waals surface area contributed by atoms with Gasteiger partial charge in [0.15, 0.2) is 0 Å². The van der Waals surface area contributed by atoms with Crippen molar-refractivity contribution in [1.82, 2.24) is 24.6 Å². The van der Waals surface area contributed by atoms with Crippen LogP contribution in [0.1, 0.15) is 25.7 Å². The number of hydrogen-bond acceptors (Lipinski definition) is 6. The van der Waals surface area contributed by atoms with E-state index in [0.29, 0.717) is 12.0 Å². The number of aromatic nitrogens is 4. The van der Waals surface area contributed by atoms with E-state index in [2.05, 4.69) is 25.3 Å². The number of hydrogen-bond donors (Lipinski definition) is 1. The van der Waals surface area contributed by atoms with E-state index in [4.69, 9.17) is 4.74 Å². The van der Waals surface area contributed by atoms with Gasteiger partial charge in [-0.15, -0.1) is 0 Å². The smallest absolute Gasteiger partial charge is 0.229 e. The Bertz CT molecular complexity index is 1070. The standard InChI is InChI=1S/C23H28N6O2/c1-28-15-19(14-25-28)17-2-3-18-13-24-23(26-21(18)12-17)27-22(30)16-4-6-20(7-5-16)29-8-10-31-11-9-29/h2-3,12-16,20H,4-11H2,1H3,(H,24,26,27,30)/t16-,20-. The molecule has 1 amide bonds. The lowest BCUT2D eigenvalue weighted by atomic mass is 9.84. The largest absolute Gasteiger partial charge is 0.379 e. The van der Waals surface area contributed by atoms with Gasteiger partial charge in [-0.05, 0) is 37.3 Å². The maximum absolute atomic E-state index is 12.8. The zero-order valence-corrected chi connectivity index (χ0v) is 17.8. The number of carbonyl (C=O) groups is 1. The van der Waals surface area contributed by atoms with Crippen molar-refractivity contribution in [1.29, 1.82) is 0 Å². The summed E-state index contributed by atoms with van der Waals surface area (Å²) in [6.45, 7) is 3.66. The van der Waals surface area contributed by atoms with Gasteiger partial charge in [-0.25, -0.2) is 9.97 Å². The van der Waals surface area contributed by atoms with Crippen LogP contribution < -0.4 is 5.32 Å². The molecule has 8 nitrogen and oxygen atoms in total. The first kappa shape index (κ1) is 20.1. The lowest BCUT2D eigenvalue weighted by molar-refractivity contribution is -0.121. The van der Waals surface area contributed by atoms with Crippen LogP contribution in [0.2, 0.25) is 0 Å². The second-order valence-electron chi connectivity index (χ2n) is 8.51. The third-order valence-electron chi connectivity index (χ3n) is 6.49. The molecule has 0 radical (unpaired) electrons. The van der Waals surface area contributed by atoms with Gasteiger partial charge < -0.3 is 4.74 Å². The van der Waals surface area contributed by atoms with Crippen molar-refractivity contribution in [3.05, 3.63) is 36.8 Å². The minimum atomic E-state index is 0.0262. The van der Waals surface area contributed by atoms with Crippen LogP contribution >= 0.6 is 0 Å². The Hall–Kier alpha value is -2.84. The maximum atomic E-state index is 12.8. The number of ether oxygens (including phenoxy) is 1. The van der Waals surface area contributed by atoms with Crippen molar-refractivity contribution < 1.29 is 9.53 Å². The highest BCUT2D eigenvalue weighted by Gasteiger charge is 2.30. The number of rotatable bonds is 4. The second-order valence-corrected chi connectivity index (χ2v) is 8.51. The van der Waals surface area contributed by atoms with Gasteiger partial charge in [0.25, 0.3) is 0 Å². The molecule has 1 saturated carbocycles. The minimum Gasteiger partial charge on any atom is -0.379 e. The number of fused-ring (bicyclic) bond motifs is 1. The molecule has 2 aliphatic rings. The molecular weight excluding hydrogens is 392 g/mol. The number of aryl methyl sites for hydroxylation is 1. The van der Waals surface area contributed by atoms with Crippen LogP contribution in [-0.4, -0.2) is 62.9 Å². The number of amides is 1. The summed E-state index contributed by atoms with van der Waals surface area (Å²) in [6.07, 6.45) is 9.51. The molecule has 0 bridgehead atoms. The molecule has 3 heterocycles. The summed E-state index contributed by atoms with van der Waals surface area (Å²) < 4.78 is 7.23. The minimum absolute atomic E-state index is 0.0262. The third kappa shape index (κ3) is 4.45. The molecule has 8 heteroatoms. The highest BCUT2D eigenvalue weighted by molar-refractivity contribution is 5.92. The van der Waals surface area contributed by atoms with Crippen molar-refractivity contribution in [2.75, 3.05) is 31.6 Å². The third-order valence-corrected chi connectivity index (χ3v) is 6.49. The van der Waals surface area contributed by atoms with E-state index in [1.807, 2.05) is 37.6 Å². The number of anilines is 1. The highest BCUT2D eigenvalue weighted by Crippen LogP contribution is 2.29. The summed E-state index contributed by atoms with van der Waals surface area (Å²) in [5, 5.41) is 8.13. The van der Waals surface area contributed by atoms with E-state index in [-0.39, 0.29) is 11.8 Å². The van der Waals surface area contributed by atoms with Crippen LogP contribution in [-0.2, 0) is 16.6 Å². The zero-order valence-electron chi connectivity index (χ0n) is 17.8. The van der Waals surface area contributed by atoms with Gasteiger partial charge in [-0.3, -0.25) is 19.7 Å². The topological polar surface area (TPSA) is 85.2 Å². The first-order valence-corrected chi connectivity index (χ1v) is 11.0. The summed E-state index contributed by atoms with van der Waals surface area (Å²) >= 11 is 0. The second kappa shape index (κ2) is 8.72. The lowest BCUT2D eigenvalue weighted by Gasteiger charge is -2.38. The molecule has 1 saturated heterocycles. The molecule has 31 heavy (non-hydrogen) atoms. The molecular formula is C23H28N6O2. The number of nitrogens with zero attached hydrogens (tertiary/aromatic N) is 5. The average molecular weight is 421 g/mol. The van der Waals surface area contributed by atoms with Crippen LogP contribution in [0.15, 0.2) is 36.8 Å². The molecule has 162 valence electrons. The molecule has 3 aromatic rings. The predicted molar refractivity (Wildman–Crippen MR) is 119 cm³/mol. The molecule has 2 fully saturated rings. The van der Waals surface area contributed by atoms with E-state index in [9.17, 15) is 4.79 Å². The summed E-state index contributed by atoms with van der Waals surface area (Å²) in [5.41, 5.74) is 2.88. The summed E-state index contributed by atoms with van der Waals surface area (Å²) in [5.74, 6) is 0.428. The Labute approximate surface area is 181 Å². The van der Waals surface area contributed by atoms with E-state index in [0.717, 1.165) is 74.0 Å². The van der Waals surface area contributed by atoms with Gasteiger partial charge in [-0.1, -0.05) is 12.1 Å². The Morgan fingerprint density at radius 3 is 2.65 bits per heavy atom. The van der Waals surface area contributed by atoms with Crippen molar-refractivity contribution >= 4 is 22.8 Å². The van der Waals surface area contributed by atoms with E-state index < -0.39 is 0 Å². The Kier molecular flexibility index (Phi) is 5.65. The maximum Gasteiger partial charge on any atom is 0.229 e. The SMILES string of the molecule is Cn1cc(-c2ccc3cnc(NC(=O)[C@H]4CC[C@H](N5CCOCC5)CC4)nc3c2)cn1. The normalized spacial score (nSPS) is 22.5. The van der Waals surface area contributed by atoms with Gasteiger partial charge in [0.2, 0.25) is 11.9 Å². The van der Waals surface area contributed by atoms with Gasteiger partial charge in [-0.2, -0.15) is 5.10 Å². The monoisotopic (exact) mass is 420 g/mol. The van der Waals surface area contributed by atoms with E-state index in [1.54, 1.807) is 10.9 Å². The number of morpholine rings is 1. The lowest BCUT2D eigenvalue weighted by Crippen LogP contribution is -2.45. The first-order chi connectivity index (χ1) is 15.2.